The van der Waals surface area contributed by atoms with Gasteiger partial charge in [-0.15, -0.1) is 17.5 Å². The van der Waals surface area contributed by atoms with Crippen molar-refractivity contribution in [3.05, 3.63) is 30.6 Å². The Bertz CT molecular complexity index is 760. The van der Waals surface area contributed by atoms with Crippen molar-refractivity contribution in [1.29, 1.82) is 0 Å². The number of sulfonamides is 1. The van der Waals surface area contributed by atoms with Crippen molar-refractivity contribution in [2.75, 3.05) is 26.8 Å². The molecule has 1 unspecified atom stereocenters. The molecule has 0 bridgehead atoms. The topological polar surface area (TPSA) is 111 Å². The zero-order chi connectivity index (χ0) is 17.0. The van der Waals surface area contributed by atoms with Gasteiger partial charge in [0.1, 0.15) is 6.33 Å². The Balaban J connectivity index is 0.00000225. The van der Waals surface area contributed by atoms with Gasteiger partial charge in [0.15, 0.2) is 0 Å². The van der Waals surface area contributed by atoms with Crippen LogP contribution < -0.4 is 10.0 Å². The number of ether oxygens (including phenoxy) is 1. The maximum Gasteiger partial charge on any atom is 0.240 e. The Kier molecular flexibility index (Phi) is 6.47. The number of hydrogen-bond acceptors (Lipinski definition) is 7. The SMILES string of the molecule is COCC1(CNS(=O)(=O)c2ccc(-n3cnnn3)cc2)CCCN1.Cl. The van der Waals surface area contributed by atoms with Crippen molar-refractivity contribution in [2.45, 2.75) is 23.3 Å². The average molecular weight is 389 g/mol. The van der Waals surface area contributed by atoms with E-state index >= 15 is 0 Å². The maximum atomic E-state index is 12.5. The fraction of sp³-hybridized carbons (Fsp3) is 0.500. The molecule has 0 amide bonds. The minimum Gasteiger partial charge on any atom is -0.383 e. The molecule has 0 spiro atoms. The third kappa shape index (κ3) is 4.53. The number of rotatable bonds is 7. The Hall–Kier alpha value is -1.59. The van der Waals surface area contributed by atoms with Crippen LogP contribution in [0.4, 0.5) is 0 Å². The van der Waals surface area contributed by atoms with Gasteiger partial charge in [0.05, 0.1) is 22.7 Å². The molecule has 1 aromatic carbocycles. The molecular weight excluding hydrogens is 368 g/mol. The van der Waals surface area contributed by atoms with Crippen LogP contribution in [0.25, 0.3) is 5.69 Å². The predicted molar refractivity (Wildman–Crippen MR) is 93.4 cm³/mol. The average Bonchev–Trinajstić information content (AvgIpc) is 3.26. The fourth-order valence-electron chi connectivity index (χ4n) is 2.84. The second-order valence-corrected chi connectivity index (χ2v) is 7.58. The molecule has 3 rings (SSSR count). The van der Waals surface area contributed by atoms with Crippen LogP contribution in [-0.2, 0) is 14.8 Å². The molecule has 138 valence electrons. The summed E-state index contributed by atoms with van der Waals surface area (Å²) < 4.78 is 34.4. The molecule has 2 aromatic rings. The molecular formula is C14H21ClN6O3S. The Morgan fingerprint density at radius 3 is 2.68 bits per heavy atom. The van der Waals surface area contributed by atoms with E-state index in [0.29, 0.717) is 12.3 Å². The Morgan fingerprint density at radius 2 is 2.12 bits per heavy atom. The van der Waals surface area contributed by atoms with Crippen molar-refractivity contribution in [2.24, 2.45) is 0 Å². The van der Waals surface area contributed by atoms with Crippen LogP contribution in [0.2, 0.25) is 0 Å². The molecule has 0 saturated carbocycles. The summed E-state index contributed by atoms with van der Waals surface area (Å²) in [7, 11) is -1.98. The molecule has 1 aromatic heterocycles. The molecule has 1 aliphatic heterocycles. The van der Waals surface area contributed by atoms with E-state index in [1.807, 2.05) is 0 Å². The highest BCUT2D eigenvalue weighted by Gasteiger charge is 2.34. The quantitative estimate of drug-likeness (QED) is 0.693. The van der Waals surface area contributed by atoms with Gasteiger partial charge in [-0.1, -0.05) is 0 Å². The number of tetrazole rings is 1. The van der Waals surface area contributed by atoms with E-state index in [1.54, 1.807) is 19.2 Å². The van der Waals surface area contributed by atoms with E-state index in [0.717, 1.165) is 19.4 Å². The molecule has 1 fully saturated rings. The summed E-state index contributed by atoms with van der Waals surface area (Å²) in [6, 6.07) is 6.38. The fourth-order valence-corrected chi connectivity index (χ4v) is 3.97. The van der Waals surface area contributed by atoms with Crippen molar-refractivity contribution in [3.63, 3.8) is 0 Å². The number of nitrogens with zero attached hydrogens (tertiary/aromatic N) is 4. The van der Waals surface area contributed by atoms with Gasteiger partial charge < -0.3 is 10.1 Å². The molecule has 2 heterocycles. The second-order valence-electron chi connectivity index (χ2n) is 5.82. The van der Waals surface area contributed by atoms with Gasteiger partial charge in [-0.05, 0) is 54.1 Å². The van der Waals surface area contributed by atoms with Gasteiger partial charge in [0, 0.05) is 13.7 Å². The first-order chi connectivity index (χ1) is 11.5. The van der Waals surface area contributed by atoms with Gasteiger partial charge in [0.2, 0.25) is 10.0 Å². The van der Waals surface area contributed by atoms with Gasteiger partial charge >= 0.3 is 0 Å². The highest BCUT2D eigenvalue weighted by Crippen LogP contribution is 2.20. The zero-order valence-electron chi connectivity index (χ0n) is 13.8. The van der Waals surface area contributed by atoms with E-state index in [1.165, 1.54) is 23.1 Å². The standard InChI is InChI=1S/C14H20N6O3S.ClH/c1-23-10-14(7-2-8-15-14)9-17-24(21,22)13-5-3-12(4-6-13)20-11-16-18-19-20;/h3-6,11,15,17H,2,7-10H2,1H3;1H. The number of halogens is 1. The van der Waals surface area contributed by atoms with Crippen LogP contribution in [0, 0.1) is 0 Å². The minimum absolute atomic E-state index is 0. The normalized spacial score (nSPS) is 20.4. The third-order valence-electron chi connectivity index (χ3n) is 4.11. The van der Waals surface area contributed by atoms with Gasteiger partial charge in [0.25, 0.3) is 0 Å². The van der Waals surface area contributed by atoms with Crippen LogP contribution in [-0.4, -0.2) is 61.0 Å². The lowest BCUT2D eigenvalue weighted by Gasteiger charge is -2.28. The molecule has 25 heavy (non-hydrogen) atoms. The van der Waals surface area contributed by atoms with Crippen LogP contribution in [0.1, 0.15) is 12.8 Å². The van der Waals surface area contributed by atoms with Crippen LogP contribution in [0.15, 0.2) is 35.5 Å². The Morgan fingerprint density at radius 1 is 1.36 bits per heavy atom. The van der Waals surface area contributed by atoms with Crippen molar-refractivity contribution in [1.82, 2.24) is 30.2 Å². The van der Waals surface area contributed by atoms with Crippen LogP contribution >= 0.6 is 12.4 Å². The van der Waals surface area contributed by atoms with E-state index in [4.69, 9.17) is 4.74 Å². The molecule has 1 atom stereocenters. The molecule has 9 nitrogen and oxygen atoms in total. The molecule has 0 aliphatic carbocycles. The van der Waals surface area contributed by atoms with E-state index in [9.17, 15) is 8.42 Å². The first kappa shape index (κ1) is 19.7. The molecule has 11 heteroatoms. The molecule has 0 radical (unpaired) electrons. The lowest BCUT2D eigenvalue weighted by atomic mass is 9.99. The largest absolute Gasteiger partial charge is 0.383 e. The second kappa shape index (κ2) is 8.19. The smallest absolute Gasteiger partial charge is 0.240 e. The number of hydrogen-bond donors (Lipinski definition) is 2. The maximum absolute atomic E-state index is 12.5. The molecule has 1 saturated heterocycles. The van der Waals surface area contributed by atoms with Crippen molar-refractivity contribution >= 4 is 22.4 Å². The first-order valence-corrected chi connectivity index (χ1v) is 9.10. The summed E-state index contributed by atoms with van der Waals surface area (Å²) in [6.45, 7) is 1.62. The summed E-state index contributed by atoms with van der Waals surface area (Å²) >= 11 is 0. The summed E-state index contributed by atoms with van der Waals surface area (Å²) in [4.78, 5) is 0.199. The minimum atomic E-state index is -3.60. The monoisotopic (exact) mass is 388 g/mol. The highest BCUT2D eigenvalue weighted by molar-refractivity contribution is 7.89. The molecule has 2 N–H and O–H groups in total. The summed E-state index contributed by atoms with van der Waals surface area (Å²) in [5.74, 6) is 0. The highest BCUT2D eigenvalue weighted by atomic mass is 35.5. The van der Waals surface area contributed by atoms with Crippen molar-refractivity contribution < 1.29 is 13.2 Å². The van der Waals surface area contributed by atoms with E-state index in [-0.39, 0.29) is 29.4 Å². The summed E-state index contributed by atoms with van der Waals surface area (Å²) in [5, 5.41) is 14.2. The van der Waals surface area contributed by atoms with Crippen LogP contribution in [0.3, 0.4) is 0 Å². The lowest BCUT2D eigenvalue weighted by molar-refractivity contribution is 0.122. The van der Waals surface area contributed by atoms with Gasteiger partial charge in [-0.3, -0.25) is 0 Å². The molecule has 1 aliphatic rings. The number of nitrogens with one attached hydrogen (secondary N) is 2. The van der Waals surface area contributed by atoms with Gasteiger partial charge in [-0.2, -0.15) is 0 Å². The lowest BCUT2D eigenvalue weighted by Crippen LogP contribution is -2.52. The van der Waals surface area contributed by atoms with Crippen molar-refractivity contribution in [3.8, 4) is 5.69 Å². The number of aromatic nitrogens is 4. The van der Waals surface area contributed by atoms with E-state index in [2.05, 4.69) is 25.6 Å². The number of benzene rings is 1. The van der Waals surface area contributed by atoms with Crippen LogP contribution in [0.5, 0.6) is 0 Å². The third-order valence-corrected chi connectivity index (χ3v) is 5.53. The zero-order valence-corrected chi connectivity index (χ0v) is 15.4. The predicted octanol–water partition coefficient (Wildman–Crippen LogP) is 0.131. The first-order valence-electron chi connectivity index (χ1n) is 7.62. The van der Waals surface area contributed by atoms with E-state index < -0.39 is 10.0 Å². The van der Waals surface area contributed by atoms with Gasteiger partial charge in [-0.25, -0.2) is 17.8 Å². The summed E-state index contributed by atoms with van der Waals surface area (Å²) in [6.07, 6.45) is 3.33. The number of methoxy groups -OCH3 is 1. The Labute approximate surface area is 152 Å². The summed E-state index contributed by atoms with van der Waals surface area (Å²) in [5.41, 5.74) is 0.348.